The Labute approximate surface area is 202 Å². The average Bonchev–Trinajstić information content (AvgIpc) is 3.21. The number of carbonyl (C=O) groups is 2. The summed E-state index contributed by atoms with van der Waals surface area (Å²) in [5.74, 6) is 0.467. The Kier molecular flexibility index (Phi) is 7.97. The zero-order valence-corrected chi connectivity index (χ0v) is 20.0. The molecule has 0 radical (unpaired) electrons. The summed E-state index contributed by atoms with van der Waals surface area (Å²) >= 11 is 0. The molecule has 2 aliphatic rings. The van der Waals surface area contributed by atoms with E-state index in [1.807, 2.05) is 17.0 Å². The molecule has 2 heterocycles. The summed E-state index contributed by atoms with van der Waals surface area (Å²) in [5, 5.41) is 9.12. The Balaban J connectivity index is 1.31. The average molecular weight is 459 g/mol. The molecule has 4 rings (SSSR count). The summed E-state index contributed by atoms with van der Waals surface area (Å²) in [7, 11) is 1.75. The monoisotopic (exact) mass is 458 g/mol. The maximum Gasteiger partial charge on any atom is 0.232 e. The zero-order valence-electron chi connectivity index (χ0n) is 20.0. The van der Waals surface area contributed by atoms with Crippen molar-refractivity contribution < 1.29 is 9.59 Å². The molecule has 2 aromatic carbocycles. The van der Waals surface area contributed by atoms with Crippen LogP contribution in [-0.2, 0) is 16.0 Å². The largest absolute Gasteiger partial charge is 0.345 e. The molecule has 0 bridgehead atoms. The lowest BCUT2D eigenvalue weighted by atomic mass is 9.90. The number of likely N-dealkylation sites (tertiary alicyclic amines) is 2. The van der Waals surface area contributed by atoms with Crippen LogP contribution in [0.2, 0.25) is 0 Å². The summed E-state index contributed by atoms with van der Waals surface area (Å²) in [5.41, 5.74) is 2.80. The van der Waals surface area contributed by atoms with Crippen LogP contribution in [0.3, 0.4) is 0 Å². The Morgan fingerprint density at radius 3 is 2.41 bits per heavy atom. The van der Waals surface area contributed by atoms with Crippen molar-refractivity contribution >= 4 is 17.5 Å². The van der Waals surface area contributed by atoms with Crippen LogP contribution < -0.4 is 4.90 Å². The van der Waals surface area contributed by atoms with Crippen molar-refractivity contribution in [2.45, 2.75) is 32.1 Å². The second-order valence-electron chi connectivity index (χ2n) is 9.65. The molecule has 6 heteroatoms. The van der Waals surface area contributed by atoms with E-state index in [2.05, 4.69) is 41.3 Å². The minimum absolute atomic E-state index is 0.00368. The zero-order chi connectivity index (χ0) is 23.9. The second kappa shape index (κ2) is 11.3. The Morgan fingerprint density at radius 1 is 1.09 bits per heavy atom. The van der Waals surface area contributed by atoms with Crippen molar-refractivity contribution in [1.29, 1.82) is 5.26 Å². The third-order valence-electron chi connectivity index (χ3n) is 7.19. The van der Waals surface area contributed by atoms with Crippen molar-refractivity contribution in [2.75, 3.05) is 44.7 Å². The van der Waals surface area contributed by atoms with E-state index in [0.717, 1.165) is 44.1 Å². The molecule has 2 amide bonds. The van der Waals surface area contributed by atoms with Crippen molar-refractivity contribution in [3.05, 3.63) is 65.7 Å². The number of nitrogens with zero attached hydrogens (tertiary/aromatic N) is 4. The van der Waals surface area contributed by atoms with E-state index in [9.17, 15) is 9.59 Å². The Bertz CT molecular complexity index is 1010. The first-order valence-corrected chi connectivity index (χ1v) is 12.4. The van der Waals surface area contributed by atoms with Gasteiger partial charge in [-0.05, 0) is 81.1 Å². The van der Waals surface area contributed by atoms with Gasteiger partial charge in [-0.1, -0.05) is 30.3 Å². The van der Waals surface area contributed by atoms with Crippen LogP contribution in [0.25, 0.3) is 0 Å². The van der Waals surface area contributed by atoms with Gasteiger partial charge in [0.15, 0.2) is 0 Å². The fourth-order valence-electron chi connectivity index (χ4n) is 5.15. The van der Waals surface area contributed by atoms with Gasteiger partial charge in [0, 0.05) is 32.2 Å². The van der Waals surface area contributed by atoms with Crippen LogP contribution in [0.5, 0.6) is 0 Å². The summed E-state index contributed by atoms with van der Waals surface area (Å²) in [4.78, 5) is 31.3. The molecule has 2 fully saturated rings. The number of benzene rings is 2. The summed E-state index contributed by atoms with van der Waals surface area (Å²) < 4.78 is 0. The van der Waals surface area contributed by atoms with Crippen molar-refractivity contribution in [3.8, 4) is 6.07 Å². The van der Waals surface area contributed by atoms with E-state index in [4.69, 9.17) is 5.26 Å². The van der Waals surface area contributed by atoms with E-state index < -0.39 is 0 Å². The first-order chi connectivity index (χ1) is 16.5. The molecule has 178 valence electrons. The third kappa shape index (κ3) is 6.03. The van der Waals surface area contributed by atoms with Gasteiger partial charge in [0.2, 0.25) is 11.8 Å². The van der Waals surface area contributed by atoms with Crippen LogP contribution in [0, 0.1) is 23.2 Å². The summed E-state index contributed by atoms with van der Waals surface area (Å²) in [6.07, 6.45) is 4.74. The van der Waals surface area contributed by atoms with Crippen molar-refractivity contribution in [2.24, 2.45) is 11.8 Å². The van der Waals surface area contributed by atoms with E-state index in [1.54, 1.807) is 24.1 Å². The van der Waals surface area contributed by atoms with Crippen LogP contribution in [0.1, 0.15) is 36.8 Å². The van der Waals surface area contributed by atoms with Crippen LogP contribution in [-0.4, -0.2) is 61.4 Å². The predicted octanol–water partition coefficient (Wildman–Crippen LogP) is 3.71. The summed E-state index contributed by atoms with van der Waals surface area (Å²) in [6.45, 7) is 4.25. The third-order valence-corrected chi connectivity index (χ3v) is 7.19. The van der Waals surface area contributed by atoms with Crippen molar-refractivity contribution in [1.82, 2.24) is 9.80 Å². The number of nitriles is 1. The van der Waals surface area contributed by atoms with Crippen molar-refractivity contribution in [3.63, 3.8) is 0 Å². The SMILES string of the molecule is CN1CC(C(=O)N(CCCN2CCC(Cc3ccccc3)CC2)c2ccc(C#N)cc2)CC1=O. The van der Waals surface area contributed by atoms with Gasteiger partial charge in [-0.2, -0.15) is 5.26 Å². The highest BCUT2D eigenvalue weighted by Gasteiger charge is 2.35. The Morgan fingerprint density at radius 2 is 1.79 bits per heavy atom. The fourth-order valence-corrected chi connectivity index (χ4v) is 5.15. The maximum absolute atomic E-state index is 13.4. The highest BCUT2D eigenvalue weighted by molar-refractivity contribution is 5.99. The van der Waals surface area contributed by atoms with Gasteiger partial charge in [0.05, 0.1) is 17.6 Å². The van der Waals surface area contributed by atoms with Crippen LogP contribution >= 0.6 is 0 Å². The molecular weight excluding hydrogens is 424 g/mol. The first-order valence-electron chi connectivity index (χ1n) is 12.4. The van der Waals surface area contributed by atoms with E-state index in [-0.39, 0.29) is 24.2 Å². The summed E-state index contributed by atoms with van der Waals surface area (Å²) in [6, 6.07) is 20.0. The number of piperidine rings is 1. The molecule has 2 aromatic rings. The lowest BCUT2D eigenvalue weighted by Gasteiger charge is -2.33. The first kappa shape index (κ1) is 24.0. The smallest absolute Gasteiger partial charge is 0.232 e. The normalized spacial score (nSPS) is 19.2. The van der Waals surface area contributed by atoms with Gasteiger partial charge < -0.3 is 14.7 Å². The molecule has 1 atom stereocenters. The van der Waals surface area contributed by atoms with Crippen LogP contribution in [0.15, 0.2) is 54.6 Å². The number of hydrogen-bond donors (Lipinski definition) is 0. The predicted molar refractivity (Wildman–Crippen MR) is 133 cm³/mol. The molecule has 1 unspecified atom stereocenters. The standard InChI is InChI=1S/C28H34N4O2/c1-30-21-25(19-27(30)33)28(34)32(26-10-8-24(20-29)9-11-26)15-5-14-31-16-12-23(13-17-31)18-22-6-3-2-4-7-22/h2-4,6-11,23,25H,5,12-19,21H2,1H3. The highest BCUT2D eigenvalue weighted by atomic mass is 16.2. The lowest BCUT2D eigenvalue weighted by molar-refractivity contribution is -0.127. The molecule has 0 aromatic heterocycles. The van der Waals surface area contributed by atoms with E-state index in [0.29, 0.717) is 18.7 Å². The number of carbonyl (C=O) groups excluding carboxylic acids is 2. The number of hydrogen-bond acceptors (Lipinski definition) is 4. The molecule has 0 saturated carbocycles. The van der Waals surface area contributed by atoms with Gasteiger partial charge in [0.1, 0.15) is 0 Å². The number of amides is 2. The molecule has 34 heavy (non-hydrogen) atoms. The molecular formula is C28H34N4O2. The second-order valence-corrected chi connectivity index (χ2v) is 9.65. The van der Waals surface area contributed by atoms with E-state index >= 15 is 0 Å². The topological polar surface area (TPSA) is 67.7 Å². The lowest BCUT2D eigenvalue weighted by Crippen LogP contribution is -2.40. The van der Waals surface area contributed by atoms with Gasteiger partial charge in [0.25, 0.3) is 0 Å². The minimum Gasteiger partial charge on any atom is -0.345 e. The fraction of sp³-hybridized carbons (Fsp3) is 0.464. The van der Waals surface area contributed by atoms with E-state index in [1.165, 1.54) is 18.4 Å². The number of rotatable bonds is 8. The van der Waals surface area contributed by atoms with Gasteiger partial charge >= 0.3 is 0 Å². The van der Waals surface area contributed by atoms with Gasteiger partial charge in [-0.3, -0.25) is 9.59 Å². The molecule has 0 aliphatic carbocycles. The molecule has 0 spiro atoms. The highest BCUT2D eigenvalue weighted by Crippen LogP contribution is 2.25. The molecule has 6 nitrogen and oxygen atoms in total. The van der Waals surface area contributed by atoms with Gasteiger partial charge in [-0.15, -0.1) is 0 Å². The number of anilines is 1. The minimum atomic E-state index is -0.304. The van der Waals surface area contributed by atoms with Gasteiger partial charge in [-0.25, -0.2) is 0 Å². The van der Waals surface area contributed by atoms with Crippen LogP contribution in [0.4, 0.5) is 5.69 Å². The molecule has 2 saturated heterocycles. The maximum atomic E-state index is 13.4. The Hall–Kier alpha value is -3.17. The molecule has 2 aliphatic heterocycles. The molecule has 0 N–H and O–H groups in total. The quantitative estimate of drug-likeness (QED) is 0.605.